The molecule has 1 N–H and O–H groups in total. The topological polar surface area (TPSA) is 39.1 Å². The van der Waals surface area contributed by atoms with Gasteiger partial charge in [-0.25, -0.2) is 4.98 Å². The number of aromatic nitrogens is 2. The third-order valence-electron chi connectivity index (χ3n) is 4.06. The van der Waals surface area contributed by atoms with Crippen LogP contribution in [0.1, 0.15) is 24.8 Å². The summed E-state index contributed by atoms with van der Waals surface area (Å²) in [6.07, 6.45) is 9.58. The quantitative estimate of drug-likeness (QED) is 0.908. The predicted octanol–water partition coefficient (Wildman–Crippen LogP) is 2.53. The number of imidazole rings is 1. The Labute approximate surface area is 119 Å². The number of benzene rings is 1. The fourth-order valence-electron chi connectivity index (χ4n) is 2.89. The molecule has 0 saturated heterocycles. The second-order valence-electron chi connectivity index (χ2n) is 5.33. The fourth-order valence-corrected chi connectivity index (χ4v) is 2.89. The summed E-state index contributed by atoms with van der Waals surface area (Å²) >= 11 is 0. The van der Waals surface area contributed by atoms with Gasteiger partial charge >= 0.3 is 0 Å². The van der Waals surface area contributed by atoms with Crippen LogP contribution in [0.4, 0.5) is 0 Å². The summed E-state index contributed by atoms with van der Waals surface area (Å²) in [6, 6.07) is 9.08. The van der Waals surface area contributed by atoms with Crippen molar-refractivity contribution in [2.75, 3.05) is 7.11 Å². The van der Waals surface area contributed by atoms with E-state index in [9.17, 15) is 0 Å². The molecule has 0 radical (unpaired) electrons. The Hall–Kier alpha value is -1.65. The standard InChI is InChI=1S/C16H21N3O/c1-20-16-4-2-3-15(16)18-11-13-5-7-14(8-6-13)19-10-9-17-12-19/h5-10,12,15-16,18H,2-4,11H2,1H3. The van der Waals surface area contributed by atoms with Gasteiger partial charge in [-0.05, 0) is 37.0 Å². The highest BCUT2D eigenvalue weighted by molar-refractivity contribution is 5.34. The average Bonchev–Trinajstić information content (AvgIpc) is 3.16. The molecule has 2 unspecified atom stereocenters. The molecule has 0 aliphatic heterocycles. The van der Waals surface area contributed by atoms with E-state index in [1.165, 1.54) is 24.8 Å². The maximum Gasteiger partial charge on any atom is 0.0991 e. The van der Waals surface area contributed by atoms with E-state index in [-0.39, 0.29) is 0 Å². The molecule has 1 fully saturated rings. The zero-order valence-corrected chi connectivity index (χ0v) is 11.8. The lowest BCUT2D eigenvalue weighted by atomic mass is 10.1. The highest BCUT2D eigenvalue weighted by Crippen LogP contribution is 2.22. The van der Waals surface area contributed by atoms with Gasteiger partial charge < -0.3 is 14.6 Å². The van der Waals surface area contributed by atoms with Crippen molar-refractivity contribution in [3.05, 3.63) is 48.5 Å². The van der Waals surface area contributed by atoms with E-state index >= 15 is 0 Å². The molecule has 1 aliphatic rings. The van der Waals surface area contributed by atoms with E-state index in [2.05, 4.69) is 34.6 Å². The third-order valence-corrected chi connectivity index (χ3v) is 4.06. The number of nitrogens with one attached hydrogen (secondary N) is 1. The van der Waals surface area contributed by atoms with Crippen LogP contribution in [0.15, 0.2) is 43.0 Å². The van der Waals surface area contributed by atoms with Crippen molar-refractivity contribution in [3.8, 4) is 5.69 Å². The summed E-state index contributed by atoms with van der Waals surface area (Å²) in [5.74, 6) is 0. The van der Waals surface area contributed by atoms with Crippen LogP contribution < -0.4 is 5.32 Å². The Morgan fingerprint density at radius 2 is 2.15 bits per heavy atom. The van der Waals surface area contributed by atoms with Gasteiger partial charge in [0.15, 0.2) is 0 Å². The maximum atomic E-state index is 5.51. The number of nitrogens with zero attached hydrogens (tertiary/aromatic N) is 2. The van der Waals surface area contributed by atoms with Gasteiger partial charge in [-0.2, -0.15) is 0 Å². The van der Waals surface area contributed by atoms with Crippen molar-refractivity contribution in [1.82, 2.24) is 14.9 Å². The SMILES string of the molecule is COC1CCCC1NCc1ccc(-n2ccnc2)cc1. The molecule has 1 aromatic heterocycles. The van der Waals surface area contributed by atoms with Gasteiger partial charge in [0, 0.05) is 37.8 Å². The molecule has 2 aromatic rings. The minimum Gasteiger partial charge on any atom is -0.380 e. The molecule has 0 bridgehead atoms. The van der Waals surface area contributed by atoms with Gasteiger partial charge in [-0.15, -0.1) is 0 Å². The fraction of sp³-hybridized carbons (Fsp3) is 0.438. The van der Waals surface area contributed by atoms with E-state index in [0.29, 0.717) is 12.1 Å². The van der Waals surface area contributed by atoms with E-state index in [1.54, 1.807) is 6.20 Å². The minimum absolute atomic E-state index is 0.375. The highest BCUT2D eigenvalue weighted by atomic mass is 16.5. The molecule has 1 saturated carbocycles. The second kappa shape index (κ2) is 6.20. The lowest BCUT2D eigenvalue weighted by Crippen LogP contribution is -2.36. The summed E-state index contributed by atoms with van der Waals surface area (Å²) in [4.78, 5) is 4.06. The van der Waals surface area contributed by atoms with Gasteiger partial charge in [0.1, 0.15) is 0 Å². The molecule has 2 atom stereocenters. The molecule has 0 amide bonds. The van der Waals surface area contributed by atoms with Crippen molar-refractivity contribution in [1.29, 1.82) is 0 Å². The minimum atomic E-state index is 0.375. The zero-order chi connectivity index (χ0) is 13.8. The van der Waals surface area contributed by atoms with Crippen LogP contribution in [-0.4, -0.2) is 28.8 Å². The van der Waals surface area contributed by atoms with Gasteiger partial charge in [-0.3, -0.25) is 0 Å². The largest absolute Gasteiger partial charge is 0.380 e. The van der Waals surface area contributed by atoms with Gasteiger partial charge in [0.2, 0.25) is 0 Å². The number of hydrogen-bond donors (Lipinski definition) is 1. The Kier molecular flexibility index (Phi) is 4.14. The first-order chi connectivity index (χ1) is 9.86. The second-order valence-corrected chi connectivity index (χ2v) is 5.33. The molecule has 20 heavy (non-hydrogen) atoms. The zero-order valence-electron chi connectivity index (χ0n) is 11.8. The van der Waals surface area contributed by atoms with Gasteiger partial charge in [0.25, 0.3) is 0 Å². The Bertz CT molecular complexity index is 521. The van der Waals surface area contributed by atoms with Crippen molar-refractivity contribution >= 4 is 0 Å². The highest BCUT2D eigenvalue weighted by Gasteiger charge is 2.26. The van der Waals surface area contributed by atoms with E-state index in [1.807, 2.05) is 24.2 Å². The molecule has 0 spiro atoms. The van der Waals surface area contributed by atoms with Crippen molar-refractivity contribution in [3.63, 3.8) is 0 Å². The van der Waals surface area contributed by atoms with Crippen LogP contribution in [-0.2, 0) is 11.3 Å². The third kappa shape index (κ3) is 2.92. The Balaban J connectivity index is 1.58. The lowest BCUT2D eigenvalue weighted by Gasteiger charge is -2.19. The number of ether oxygens (including phenoxy) is 1. The molecule has 106 valence electrons. The Morgan fingerprint density at radius 3 is 2.85 bits per heavy atom. The van der Waals surface area contributed by atoms with Crippen molar-refractivity contribution in [2.24, 2.45) is 0 Å². The molecular weight excluding hydrogens is 250 g/mol. The smallest absolute Gasteiger partial charge is 0.0991 e. The molecule has 4 nitrogen and oxygen atoms in total. The Morgan fingerprint density at radius 1 is 1.30 bits per heavy atom. The van der Waals surface area contributed by atoms with Crippen molar-refractivity contribution < 1.29 is 4.74 Å². The van der Waals surface area contributed by atoms with Crippen LogP contribution in [0.25, 0.3) is 5.69 Å². The monoisotopic (exact) mass is 271 g/mol. The molecule has 1 aliphatic carbocycles. The van der Waals surface area contributed by atoms with Crippen LogP contribution in [0.2, 0.25) is 0 Å². The van der Waals surface area contributed by atoms with Gasteiger partial charge in [-0.1, -0.05) is 12.1 Å². The summed E-state index contributed by atoms with van der Waals surface area (Å²) in [7, 11) is 1.81. The summed E-state index contributed by atoms with van der Waals surface area (Å²) < 4.78 is 7.52. The van der Waals surface area contributed by atoms with E-state index < -0.39 is 0 Å². The predicted molar refractivity (Wildman–Crippen MR) is 78.8 cm³/mol. The molecule has 3 rings (SSSR count). The van der Waals surface area contributed by atoms with E-state index in [0.717, 1.165) is 12.2 Å². The summed E-state index contributed by atoms with van der Waals surface area (Å²) in [5.41, 5.74) is 2.44. The van der Waals surface area contributed by atoms with Gasteiger partial charge in [0.05, 0.1) is 12.4 Å². The lowest BCUT2D eigenvalue weighted by molar-refractivity contribution is 0.0847. The average molecular weight is 271 g/mol. The maximum absolute atomic E-state index is 5.51. The molecular formula is C16H21N3O. The van der Waals surface area contributed by atoms with Crippen LogP contribution in [0, 0.1) is 0 Å². The number of methoxy groups -OCH3 is 1. The van der Waals surface area contributed by atoms with Crippen LogP contribution in [0.5, 0.6) is 0 Å². The summed E-state index contributed by atoms with van der Waals surface area (Å²) in [6.45, 7) is 0.898. The molecule has 1 heterocycles. The van der Waals surface area contributed by atoms with Crippen LogP contribution >= 0.6 is 0 Å². The summed E-state index contributed by atoms with van der Waals surface area (Å²) in [5, 5.41) is 3.61. The number of hydrogen-bond acceptors (Lipinski definition) is 3. The first kappa shape index (κ1) is 13.3. The first-order valence-electron chi connectivity index (χ1n) is 7.20. The molecule has 1 aromatic carbocycles. The first-order valence-corrected chi connectivity index (χ1v) is 7.20. The van der Waals surface area contributed by atoms with Crippen LogP contribution in [0.3, 0.4) is 0 Å². The van der Waals surface area contributed by atoms with Crippen molar-refractivity contribution in [2.45, 2.75) is 38.0 Å². The normalized spacial score (nSPS) is 22.2. The number of rotatable bonds is 5. The van der Waals surface area contributed by atoms with E-state index in [4.69, 9.17) is 4.74 Å². The molecule has 4 heteroatoms.